The number of carbonyl (C=O) groups is 1. The molecule has 192 valence electrons. The SMILES string of the molecule is CCCOc1c(NC(=O)N(C)O)cc([C@@H]2CC[C@@H](c3cc(OC)c(OC)c(OC)c3)O2)cc1OC. The van der Waals surface area contributed by atoms with Crippen LogP contribution in [-0.4, -0.2) is 58.4 Å². The Hall–Kier alpha value is -3.37. The summed E-state index contributed by atoms with van der Waals surface area (Å²) >= 11 is 0. The second-order valence-corrected chi connectivity index (χ2v) is 8.05. The van der Waals surface area contributed by atoms with Crippen molar-refractivity contribution in [1.29, 1.82) is 0 Å². The minimum absolute atomic E-state index is 0.197. The lowest BCUT2D eigenvalue weighted by molar-refractivity contribution is -0.0118. The molecular weight excluding hydrogens is 456 g/mol. The van der Waals surface area contributed by atoms with E-state index in [1.54, 1.807) is 27.4 Å². The number of rotatable bonds is 10. The average molecular weight is 491 g/mol. The number of benzene rings is 2. The van der Waals surface area contributed by atoms with E-state index in [1.165, 1.54) is 14.2 Å². The molecule has 10 nitrogen and oxygen atoms in total. The van der Waals surface area contributed by atoms with Gasteiger partial charge in [-0.05, 0) is 54.7 Å². The van der Waals surface area contributed by atoms with E-state index in [-0.39, 0.29) is 12.2 Å². The van der Waals surface area contributed by atoms with Crippen LogP contribution in [0.25, 0.3) is 0 Å². The topological polar surface area (TPSA) is 108 Å². The van der Waals surface area contributed by atoms with Crippen molar-refractivity contribution in [2.45, 2.75) is 38.4 Å². The summed E-state index contributed by atoms with van der Waals surface area (Å²) in [5.74, 6) is 2.51. The zero-order valence-corrected chi connectivity index (χ0v) is 21.0. The third-order valence-corrected chi connectivity index (χ3v) is 5.73. The first-order valence-electron chi connectivity index (χ1n) is 11.4. The number of nitrogens with one attached hydrogen (secondary N) is 1. The summed E-state index contributed by atoms with van der Waals surface area (Å²) in [6.45, 7) is 2.42. The van der Waals surface area contributed by atoms with Gasteiger partial charge in [-0.1, -0.05) is 6.92 Å². The van der Waals surface area contributed by atoms with Crippen LogP contribution in [0.5, 0.6) is 28.7 Å². The molecule has 0 bridgehead atoms. The summed E-state index contributed by atoms with van der Waals surface area (Å²) in [6.07, 6.45) is 1.83. The van der Waals surface area contributed by atoms with Crippen LogP contribution in [0.1, 0.15) is 49.5 Å². The van der Waals surface area contributed by atoms with Gasteiger partial charge in [0.2, 0.25) is 5.75 Å². The van der Waals surface area contributed by atoms with Crippen LogP contribution in [0, 0.1) is 0 Å². The summed E-state index contributed by atoms with van der Waals surface area (Å²) in [4.78, 5) is 12.2. The van der Waals surface area contributed by atoms with Gasteiger partial charge in [-0.25, -0.2) is 9.86 Å². The van der Waals surface area contributed by atoms with E-state index in [4.69, 9.17) is 28.4 Å². The first-order valence-corrected chi connectivity index (χ1v) is 11.4. The number of hydrogen-bond donors (Lipinski definition) is 2. The molecule has 0 saturated carbocycles. The molecule has 2 aromatic carbocycles. The second kappa shape index (κ2) is 11.9. The molecule has 1 aliphatic rings. The van der Waals surface area contributed by atoms with Gasteiger partial charge in [-0.2, -0.15) is 0 Å². The summed E-state index contributed by atoms with van der Waals surface area (Å²) in [6, 6.07) is 6.72. The summed E-state index contributed by atoms with van der Waals surface area (Å²) in [5.41, 5.74) is 2.11. The molecule has 1 saturated heterocycles. The zero-order valence-electron chi connectivity index (χ0n) is 21.0. The van der Waals surface area contributed by atoms with Crippen LogP contribution in [0.3, 0.4) is 0 Å². The fourth-order valence-electron chi connectivity index (χ4n) is 4.02. The molecule has 1 fully saturated rings. The van der Waals surface area contributed by atoms with Crippen molar-refractivity contribution in [3.63, 3.8) is 0 Å². The molecule has 10 heteroatoms. The summed E-state index contributed by atoms with van der Waals surface area (Å²) in [5, 5.41) is 12.7. The first kappa shape index (κ1) is 26.2. The van der Waals surface area contributed by atoms with Crippen molar-refractivity contribution in [2.24, 2.45) is 0 Å². The van der Waals surface area contributed by atoms with Gasteiger partial charge in [0.1, 0.15) is 0 Å². The Morgan fingerprint density at radius 3 is 1.91 bits per heavy atom. The molecule has 1 heterocycles. The fraction of sp³-hybridized carbons (Fsp3) is 0.480. The van der Waals surface area contributed by atoms with Crippen LogP contribution >= 0.6 is 0 Å². The standard InChI is InChI=1S/C25H34N2O8/c1-7-10-34-23-17(26-25(28)27(2)29)11-15(12-20(23)30-3)18-8-9-19(35-18)16-13-21(31-4)24(33-6)22(14-16)32-5/h11-14,18-19,29H,7-10H2,1-6H3,(H,26,28)/t18-,19-/m0/s1. The van der Waals surface area contributed by atoms with Gasteiger partial charge in [0.25, 0.3) is 0 Å². The third kappa shape index (κ3) is 5.83. The van der Waals surface area contributed by atoms with Crippen molar-refractivity contribution in [3.05, 3.63) is 35.4 Å². The number of amides is 2. The average Bonchev–Trinajstić information content (AvgIpc) is 3.36. The number of urea groups is 1. The van der Waals surface area contributed by atoms with E-state index < -0.39 is 6.03 Å². The van der Waals surface area contributed by atoms with Gasteiger partial charge in [0.05, 0.1) is 52.9 Å². The van der Waals surface area contributed by atoms with Crippen LogP contribution < -0.4 is 29.0 Å². The second-order valence-electron chi connectivity index (χ2n) is 8.05. The van der Waals surface area contributed by atoms with Crippen molar-refractivity contribution in [2.75, 3.05) is 47.4 Å². The minimum atomic E-state index is -0.701. The van der Waals surface area contributed by atoms with Crippen LogP contribution in [0.4, 0.5) is 10.5 Å². The molecule has 0 radical (unpaired) electrons. The molecule has 0 spiro atoms. The van der Waals surface area contributed by atoms with E-state index in [9.17, 15) is 10.0 Å². The highest BCUT2D eigenvalue weighted by Crippen LogP contribution is 2.48. The Morgan fingerprint density at radius 2 is 1.46 bits per heavy atom. The zero-order chi connectivity index (χ0) is 25.5. The maximum atomic E-state index is 12.2. The quantitative estimate of drug-likeness (QED) is 0.356. The Balaban J connectivity index is 1.92. The maximum Gasteiger partial charge on any atom is 0.345 e. The number of anilines is 1. The smallest absolute Gasteiger partial charge is 0.345 e. The largest absolute Gasteiger partial charge is 0.493 e. The lowest BCUT2D eigenvalue weighted by atomic mass is 10.0. The molecule has 2 aromatic rings. The highest BCUT2D eigenvalue weighted by Gasteiger charge is 2.31. The van der Waals surface area contributed by atoms with Crippen molar-refractivity contribution in [1.82, 2.24) is 5.06 Å². The highest BCUT2D eigenvalue weighted by molar-refractivity contribution is 5.91. The fourth-order valence-corrected chi connectivity index (χ4v) is 4.02. The molecule has 0 aromatic heterocycles. The Morgan fingerprint density at radius 1 is 0.943 bits per heavy atom. The first-order chi connectivity index (χ1) is 16.9. The normalized spacial score (nSPS) is 17.0. The van der Waals surface area contributed by atoms with Crippen LogP contribution in [0.2, 0.25) is 0 Å². The Labute approximate surface area is 205 Å². The maximum absolute atomic E-state index is 12.2. The monoisotopic (exact) mass is 490 g/mol. The molecule has 2 N–H and O–H groups in total. The summed E-state index contributed by atoms with van der Waals surface area (Å²) in [7, 11) is 7.50. The lowest BCUT2D eigenvalue weighted by Crippen LogP contribution is -2.28. The highest BCUT2D eigenvalue weighted by atomic mass is 16.5. The number of carbonyl (C=O) groups excluding carboxylic acids is 1. The van der Waals surface area contributed by atoms with Crippen molar-refractivity contribution >= 4 is 11.7 Å². The van der Waals surface area contributed by atoms with Gasteiger partial charge >= 0.3 is 6.03 Å². The minimum Gasteiger partial charge on any atom is -0.493 e. The van der Waals surface area contributed by atoms with Gasteiger partial charge in [0, 0.05) is 7.05 Å². The summed E-state index contributed by atoms with van der Waals surface area (Å²) < 4.78 is 34.2. The Bertz CT molecular complexity index is 1000. The Kier molecular flexibility index (Phi) is 8.89. The molecule has 0 aliphatic carbocycles. The lowest BCUT2D eigenvalue weighted by Gasteiger charge is -2.21. The molecular formula is C25H34N2O8. The van der Waals surface area contributed by atoms with Gasteiger partial charge < -0.3 is 33.7 Å². The molecule has 0 unspecified atom stereocenters. The van der Waals surface area contributed by atoms with E-state index >= 15 is 0 Å². The van der Waals surface area contributed by atoms with Gasteiger partial charge in [-0.3, -0.25) is 5.21 Å². The molecule has 3 rings (SSSR count). The predicted octanol–water partition coefficient (Wildman–Crippen LogP) is 4.96. The van der Waals surface area contributed by atoms with Crippen LogP contribution in [0.15, 0.2) is 24.3 Å². The van der Waals surface area contributed by atoms with Crippen molar-refractivity contribution in [3.8, 4) is 28.7 Å². The molecule has 1 aliphatic heterocycles. The molecule has 2 amide bonds. The number of hydrogen-bond acceptors (Lipinski definition) is 8. The third-order valence-electron chi connectivity index (χ3n) is 5.73. The molecule has 2 atom stereocenters. The predicted molar refractivity (Wildman–Crippen MR) is 129 cm³/mol. The number of nitrogens with zero attached hydrogens (tertiary/aromatic N) is 1. The number of methoxy groups -OCH3 is 4. The number of ether oxygens (including phenoxy) is 6. The van der Waals surface area contributed by atoms with Gasteiger partial charge in [-0.15, -0.1) is 0 Å². The van der Waals surface area contributed by atoms with E-state index in [1.807, 2.05) is 25.1 Å². The van der Waals surface area contributed by atoms with E-state index in [2.05, 4.69) is 5.32 Å². The van der Waals surface area contributed by atoms with E-state index in [0.717, 1.165) is 30.4 Å². The van der Waals surface area contributed by atoms with Gasteiger partial charge in [0.15, 0.2) is 23.0 Å². The van der Waals surface area contributed by atoms with Crippen molar-refractivity contribution < 1.29 is 38.4 Å². The number of hydroxylamine groups is 2. The van der Waals surface area contributed by atoms with E-state index in [0.29, 0.717) is 46.1 Å². The van der Waals surface area contributed by atoms with Crippen LogP contribution in [-0.2, 0) is 4.74 Å². The molecule has 35 heavy (non-hydrogen) atoms.